The molecule has 0 saturated carbocycles. The predicted molar refractivity (Wildman–Crippen MR) is 88.3 cm³/mol. The van der Waals surface area contributed by atoms with Crippen molar-refractivity contribution in [2.75, 3.05) is 0 Å². The third-order valence-corrected chi connectivity index (χ3v) is 4.24. The molecular formula is C15H14Cl2N4O2. The number of fused-ring (bicyclic) bond motifs is 1. The molecule has 8 heteroatoms. The summed E-state index contributed by atoms with van der Waals surface area (Å²) in [6.45, 7) is 3.31. The quantitative estimate of drug-likeness (QED) is 0.714. The van der Waals surface area contributed by atoms with Gasteiger partial charge in [0.05, 0.1) is 40.5 Å². The average Bonchev–Trinajstić information content (AvgIpc) is 3.12. The molecule has 120 valence electrons. The Hall–Kier alpha value is -2.05. The van der Waals surface area contributed by atoms with Crippen LogP contribution < -0.4 is 0 Å². The average molecular weight is 353 g/mol. The minimum Gasteiger partial charge on any atom is -0.478 e. The maximum Gasteiger partial charge on any atom is 0.335 e. The van der Waals surface area contributed by atoms with Crippen molar-refractivity contribution in [2.24, 2.45) is 0 Å². The van der Waals surface area contributed by atoms with E-state index in [1.54, 1.807) is 18.6 Å². The van der Waals surface area contributed by atoms with Crippen LogP contribution in [0, 0.1) is 0 Å². The molecule has 23 heavy (non-hydrogen) atoms. The SMILES string of the molecule is CCn1cncc1Cn1c(CCl)nc2c(Cl)cc(C(=O)O)cc21. The van der Waals surface area contributed by atoms with Crippen molar-refractivity contribution < 1.29 is 9.90 Å². The van der Waals surface area contributed by atoms with Crippen molar-refractivity contribution >= 4 is 40.2 Å². The number of carboxylic acids is 1. The van der Waals surface area contributed by atoms with Crippen molar-refractivity contribution in [1.82, 2.24) is 19.1 Å². The summed E-state index contributed by atoms with van der Waals surface area (Å²) in [4.78, 5) is 19.9. The molecule has 0 fully saturated rings. The molecule has 0 aliphatic carbocycles. The van der Waals surface area contributed by atoms with E-state index >= 15 is 0 Å². The van der Waals surface area contributed by atoms with Crippen LogP contribution in [0.3, 0.4) is 0 Å². The minimum absolute atomic E-state index is 0.119. The van der Waals surface area contributed by atoms with Gasteiger partial charge in [-0.1, -0.05) is 11.6 Å². The molecule has 0 unspecified atom stereocenters. The molecule has 0 amide bonds. The lowest BCUT2D eigenvalue weighted by Crippen LogP contribution is -2.09. The number of aromatic carboxylic acids is 1. The van der Waals surface area contributed by atoms with Gasteiger partial charge in [0.2, 0.25) is 0 Å². The summed E-state index contributed by atoms with van der Waals surface area (Å²) < 4.78 is 3.89. The van der Waals surface area contributed by atoms with E-state index in [9.17, 15) is 9.90 Å². The maximum absolute atomic E-state index is 11.3. The van der Waals surface area contributed by atoms with Gasteiger partial charge in [0.1, 0.15) is 11.3 Å². The van der Waals surface area contributed by atoms with Crippen LogP contribution in [-0.4, -0.2) is 30.2 Å². The first-order chi connectivity index (χ1) is 11.0. The summed E-state index contributed by atoms with van der Waals surface area (Å²) >= 11 is 12.2. The summed E-state index contributed by atoms with van der Waals surface area (Å²) in [7, 11) is 0. The Morgan fingerprint density at radius 1 is 1.39 bits per heavy atom. The van der Waals surface area contributed by atoms with Crippen LogP contribution in [0.5, 0.6) is 0 Å². The number of aromatic nitrogens is 4. The Morgan fingerprint density at radius 3 is 2.83 bits per heavy atom. The number of hydrogen-bond acceptors (Lipinski definition) is 3. The van der Waals surface area contributed by atoms with Gasteiger partial charge in [0.15, 0.2) is 0 Å². The molecule has 1 aromatic carbocycles. The molecule has 2 aromatic heterocycles. The molecule has 6 nitrogen and oxygen atoms in total. The second-order valence-electron chi connectivity index (χ2n) is 5.05. The summed E-state index contributed by atoms with van der Waals surface area (Å²) in [6.07, 6.45) is 3.53. The minimum atomic E-state index is -1.03. The number of carboxylic acid groups (broad SMARTS) is 1. The largest absolute Gasteiger partial charge is 0.478 e. The predicted octanol–water partition coefficient (Wildman–Crippen LogP) is 3.39. The van der Waals surface area contributed by atoms with Crippen molar-refractivity contribution in [2.45, 2.75) is 25.9 Å². The highest BCUT2D eigenvalue weighted by molar-refractivity contribution is 6.35. The second-order valence-corrected chi connectivity index (χ2v) is 5.72. The third-order valence-electron chi connectivity index (χ3n) is 3.71. The first kappa shape index (κ1) is 15.8. The van der Waals surface area contributed by atoms with Crippen LogP contribution in [0.15, 0.2) is 24.7 Å². The van der Waals surface area contributed by atoms with E-state index in [0.29, 0.717) is 28.4 Å². The molecule has 0 aliphatic heterocycles. The molecule has 2 heterocycles. The van der Waals surface area contributed by atoms with Crippen molar-refractivity contribution in [3.05, 3.63) is 46.8 Å². The topological polar surface area (TPSA) is 72.9 Å². The highest BCUT2D eigenvalue weighted by Crippen LogP contribution is 2.27. The number of benzene rings is 1. The molecule has 1 N–H and O–H groups in total. The number of aryl methyl sites for hydroxylation is 1. The molecule has 0 radical (unpaired) electrons. The fourth-order valence-corrected chi connectivity index (χ4v) is 3.02. The summed E-state index contributed by atoms with van der Waals surface area (Å²) in [5, 5.41) is 9.53. The second kappa shape index (κ2) is 6.22. The zero-order chi connectivity index (χ0) is 16.6. The highest BCUT2D eigenvalue weighted by Gasteiger charge is 2.17. The van der Waals surface area contributed by atoms with Gasteiger partial charge in [-0.3, -0.25) is 0 Å². The number of carbonyl (C=O) groups is 1. The lowest BCUT2D eigenvalue weighted by atomic mass is 10.2. The monoisotopic (exact) mass is 352 g/mol. The first-order valence-corrected chi connectivity index (χ1v) is 7.93. The standard InChI is InChI=1S/C15H14Cl2N4O2/c1-2-20-8-18-6-10(20)7-21-12-4-9(15(22)23)3-11(17)14(12)19-13(21)5-16/h3-4,6,8H,2,5,7H2,1H3,(H,22,23). The zero-order valence-corrected chi connectivity index (χ0v) is 13.8. The van der Waals surface area contributed by atoms with Crippen molar-refractivity contribution in [3.63, 3.8) is 0 Å². The van der Waals surface area contributed by atoms with Gasteiger partial charge in [0.25, 0.3) is 0 Å². The Morgan fingerprint density at radius 2 is 2.17 bits per heavy atom. The number of alkyl halides is 1. The van der Waals surface area contributed by atoms with Gasteiger partial charge in [-0.25, -0.2) is 14.8 Å². The Labute approximate surface area is 142 Å². The van der Waals surface area contributed by atoms with E-state index in [2.05, 4.69) is 9.97 Å². The number of halogens is 2. The molecule has 3 rings (SSSR count). The zero-order valence-electron chi connectivity index (χ0n) is 12.3. The summed E-state index contributed by atoms with van der Waals surface area (Å²) in [5.74, 6) is -0.198. The van der Waals surface area contributed by atoms with Crippen LogP contribution in [0.1, 0.15) is 28.8 Å². The molecule has 0 spiro atoms. The van der Waals surface area contributed by atoms with E-state index in [-0.39, 0.29) is 11.4 Å². The summed E-state index contributed by atoms with van der Waals surface area (Å²) in [6, 6.07) is 2.97. The normalized spacial score (nSPS) is 11.3. The fourth-order valence-electron chi connectivity index (χ4n) is 2.56. The Bertz CT molecular complexity index is 885. The third kappa shape index (κ3) is 2.80. The van der Waals surface area contributed by atoms with Crippen LogP contribution in [0.4, 0.5) is 0 Å². The summed E-state index contributed by atoms with van der Waals surface area (Å²) in [5.41, 5.74) is 2.30. The van der Waals surface area contributed by atoms with Crippen molar-refractivity contribution in [1.29, 1.82) is 0 Å². The van der Waals surface area contributed by atoms with Crippen LogP contribution >= 0.6 is 23.2 Å². The van der Waals surface area contributed by atoms with E-state index in [4.69, 9.17) is 23.2 Å². The van der Waals surface area contributed by atoms with Gasteiger partial charge >= 0.3 is 5.97 Å². The maximum atomic E-state index is 11.3. The van der Waals surface area contributed by atoms with Crippen LogP contribution in [0.2, 0.25) is 5.02 Å². The first-order valence-electron chi connectivity index (χ1n) is 7.02. The Kier molecular flexibility index (Phi) is 4.28. The van der Waals surface area contributed by atoms with Gasteiger partial charge in [-0.15, -0.1) is 11.6 Å². The molecule has 0 aliphatic rings. The van der Waals surface area contributed by atoms with E-state index in [0.717, 1.165) is 12.2 Å². The van der Waals surface area contributed by atoms with Gasteiger partial charge in [-0.2, -0.15) is 0 Å². The molecule has 0 saturated heterocycles. The number of imidazole rings is 2. The van der Waals surface area contributed by atoms with E-state index in [1.807, 2.05) is 16.1 Å². The van der Waals surface area contributed by atoms with Gasteiger partial charge in [-0.05, 0) is 19.1 Å². The lowest BCUT2D eigenvalue weighted by Gasteiger charge is -2.10. The molecular weight excluding hydrogens is 339 g/mol. The van der Waals surface area contributed by atoms with E-state index in [1.165, 1.54) is 6.07 Å². The number of hydrogen-bond donors (Lipinski definition) is 1. The molecule has 3 aromatic rings. The van der Waals surface area contributed by atoms with Crippen molar-refractivity contribution in [3.8, 4) is 0 Å². The van der Waals surface area contributed by atoms with Crippen LogP contribution in [-0.2, 0) is 19.0 Å². The molecule has 0 bridgehead atoms. The van der Waals surface area contributed by atoms with E-state index < -0.39 is 5.97 Å². The highest BCUT2D eigenvalue weighted by atomic mass is 35.5. The van der Waals surface area contributed by atoms with Gasteiger partial charge < -0.3 is 14.2 Å². The van der Waals surface area contributed by atoms with Gasteiger partial charge in [0, 0.05) is 12.7 Å². The lowest BCUT2D eigenvalue weighted by molar-refractivity contribution is 0.0697. The smallest absolute Gasteiger partial charge is 0.335 e. The number of nitrogens with zero attached hydrogens (tertiary/aromatic N) is 4. The number of rotatable bonds is 5. The Balaban J connectivity index is 2.19. The van der Waals surface area contributed by atoms with Crippen LogP contribution in [0.25, 0.3) is 11.0 Å². The fraction of sp³-hybridized carbons (Fsp3) is 0.267. The molecule has 0 atom stereocenters.